The molecule has 4 rings (SSSR count). The number of carbonyl (C=O) groups excluding carboxylic acids is 2. The van der Waals surface area contributed by atoms with Gasteiger partial charge in [-0.1, -0.05) is 0 Å². The Morgan fingerprint density at radius 1 is 1.36 bits per heavy atom. The van der Waals surface area contributed by atoms with Crippen LogP contribution >= 0.6 is 0 Å². The van der Waals surface area contributed by atoms with Gasteiger partial charge in [0.05, 0.1) is 12.4 Å². The fraction of sp³-hybridized carbons (Fsp3) is 0.667. The molecule has 0 bridgehead atoms. The number of hydrogen-bond donors (Lipinski definition) is 0. The monoisotopic (exact) mass is 341 g/mol. The molecule has 2 aliphatic carbocycles. The molecule has 3 fully saturated rings. The average molecular weight is 341 g/mol. The highest BCUT2D eigenvalue weighted by Crippen LogP contribution is 2.54. The van der Waals surface area contributed by atoms with Crippen molar-refractivity contribution in [2.75, 3.05) is 20.1 Å². The number of piperidine rings is 1. The maximum absolute atomic E-state index is 12.6. The molecule has 1 aliphatic heterocycles. The lowest BCUT2D eigenvalue weighted by Crippen LogP contribution is -2.41. The quantitative estimate of drug-likeness (QED) is 0.826. The SMILES string of the molecule is CC(C)n1cnc(C(=O)N2CC3C(C2)C3C(=O)N(C)C2(C#N)CC2)c1. The minimum absolute atomic E-state index is 0.0203. The van der Waals surface area contributed by atoms with Gasteiger partial charge in [0.2, 0.25) is 5.91 Å². The van der Waals surface area contributed by atoms with E-state index in [9.17, 15) is 14.9 Å². The maximum Gasteiger partial charge on any atom is 0.274 e. The van der Waals surface area contributed by atoms with Crippen LogP contribution in [0, 0.1) is 29.1 Å². The van der Waals surface area contributed by atoms with Gasteiger partial charge in [0, 0.05) is 38.3 Å². The Morgan fingerprint density at radius 2 is 2.00 bits per heavy atom. The van der Waals surface area contributed by atoms with Crippen LogP contribution in [0.25, 0.3) is 0 Å². The Balaban J connectivity index is 1.36. The van der Waals surface area contributed by atoms with E-state index in [0.29, 0.717) is 18.8 Å². The molecule has 1 aromatic heterocycles. The van der Waals surface area contributed by atoms with E-state index in [1.165, 1.54) is 0 Å². The number of fused-ring (bicyclic) bond motifs is 1. The average Bonchev–Trinajstić information content (AvgIpc) is 3.40. The summed E-state index contributed by atoms with van der Waals surface area (Å²) in [5, 5.41) is 9.26. The van der Waals surface area contributed by atoms with Gasteiger partial charge in [0.15, 0.2) is 0 Å². The molecule has 1 saturated heterocycles. The van der Waals surface area contributed by atoms with E-state index >= 15 is 0 Å². The minimum atomic E-state index is -0.562. The van der Waals surface area contributed by atoms with Gasteiger partial charge < -0.3 is 14.4 Å². The fourth-order valence-corrected chi connectivity index (χ4v) is 4.03. The third kappa shape index (κ3) is 2.43. The molecule has 2 unspecified atom stereocenters. The Labute approximate surface area is 147 Å². The van der Waals surface area contributed by atoms with Gasteiger partial charge in [-0.2, -0.15) is 5.26 Å². The van der Waals surface area contributed by atoms with Crippen LogP contribution in [-0.4, -0.2) is 56.8 Å². The molecular weight excluding hydrogens is 318 g/mol. The number of nitriles is 1. The minimum Gasteiger partial charge on any atom is -0.337 e. The molecule has 2 saturated carbocycles. The third-order valence-electron chi connectivity index (χ3n) is 6.09. The molecule has 3 aliphatic rings. The van der Waals surface area contributed by atoms with Crippen LogP contribution in [0.15, 0.2) is 12.5 Å². The van der Waals surface area contributed by atoms with Crippen LogP contribution < -0.4 is 0 Å². The molecular formula is C18H23N5O2. The van der Waals surface area contributed by atoms with E-state index in [1.807, 2.05) is 23.3 Å². The van der Waals surface area contributed by atoms with Gasteiger partial charge >= 0.3 is 0 Å². The van der Waals surface area contributed by atoms with Crippen molar-refractivity contribution in [3.05, 3.63) is 18.2 Å². The summed E-state index contributed by atoms with van der Waals surface area (Å²) in [6, 6.07) is 2.54. The van der Waals surface area contributed by atoms with Crippen molar-refractivity contribution in [3.63, 3.8) is 0 Å². The third-order valence-corrected chi connectivity index (χ3v) is 6.09. The molecule has 0 N–H and O–H groups in total. The summed E-state index contributed by atoms with van der Waals surface area (Å²) >= 11 is 0. The van der Waals surface area contributed by atoms with Crippen LogP contribution in [0.4, 0.5) is 0 Å². The molecule has 2 amide bonds. The highest BCUT2D eigenvalue weighted by Gasteiger charge is 2.63. The van der Waals surface area contributed by atoms with Crippen LogP contribution in [-0.2, 0) is 4.79 Å². The first-order valence-corrected chi connectivity index (χ1v) is 8.89. The predicted octanol–water partition coefficient (Wildman–Crippen LogP) is 1.30. The second kappa shape index (κ2) is 5.32. The molecule has 7 nitrogen and oxygen atoms in total. The zero-order valence-electron chi connectivity index (χ0n) is 14.8. The van der Waals surface area contributed by atoms with E-state index in [-0.39, 0.29) is 35.6 Å². The molecule has 0 radical (unpaired) electrons. The van der Waals surface area contributed by atoms with Gasteiger partial charge in [-0.25, -0.2) is 4.98 Å². The molecule has 0 aromatic carbocycles. The normalized spacial score (nSPS) is 28.4. The van der Waals surface area contributed by atoms with Crippen LogP contribution in [0.1, 0.15) is 43.2 Å². The highest BCUT2D eigenvalue weighted by atomic mass is 16.2. The lowest BCUT2D eigenvalue weighted by Gasteiger charge is -2.25. The Kier molecular flexibility index (Phi) is 3.43. The van der Waals surface area contributed by atoms with Gasteiger partial charge in [-0.15, -0.1) is 0 Å². The number of likely N-dealkylation sites (tertiary alicyclic amines) is 1. The van der Waals surface area contributed by atoms with Crippen molar-refractivity contribution in [2.45, 2.75) is 38.3 Å². The maximum atomic E-state index is 12.6. The number of nitrogens with zero attached hydrogens (tertiary/aromatic N) is 5. The van der Waals surface area contributed by atoms with E-state index in [1.54, 1.807) is 24.5 Å². The largest absolute Gasteiger partial charge is 0.337 e. The Hall–Kier alpha value is -2.36. The molecule has 1 aromatic rings. The Bertz CT molecular complexity index is 761. The van der Waals surface area contributed by atoms with Gasteiger partial charge in [0.1, 0.15) is 11.2 Å². The summed E-state index contributed by atoms with van der Waals surface area (Å²) in [6.45, 7) is 5.31. The van der Waals surface area contributed by atoms with Crippen molar-refractivity contribution in [1.82, 2.24) is 19.4 Å². The van der Waals surface area contributed by atoms with Gasteiger partial charge in [-0.3, -0.25) is 9.59 Å². The zero-order chi connectivity index (χ0) is 17.9. The highest BCUT2D eigenvalue weighted by molar-refractivity contribution is 5.93. The van der Waals surface area contributed by atoms with E-state index in [0.717, 1.165) is 12.8 Å². The van der Waals surface area contributed by atoms with Crippen LogP contribution in [0.5, 0.6) is 0 Å². The van der Waals surface area contributed by atoms with Gasteiger partial charge in [0.25, 0.3) is 5.91 Å². The molecule has 25 heavy (non-hydrogen) atoms. The molecule has 2 atom stereocenters. The van der Waals surface area contributed by atoms with Crippen molar-refractivity contribution in [1.29, 1.82) is 5.26 Å². The summed E-state index contributed by atoms with van der Waals surface area (Å²) in [5.74, 6) is 0.473. The first kappa shape index (κ1) is 16.1. The van der Waals surface area contributed by atoms with Crippen molar-refractivity contribution in [3.8, 4) is 6.07 Å². The van der Waals surface area contributed by atoms with Crippen LogP contribution in [0.3, 0.4) is 0 Å². The number of amides is 2. The predicted molar refractivity (Wildman–Crippen MR) is 89.3 cm³/mol. The number of imidazole rings is 1. The zero-order valence-corrected chi connectivity index (χ0v) is 14.8. The van der Waals surface area contributed by atoms with E-state index in [2.05, 4.69) is 11.1 Å². The molecule has 132 valence electrons. The summed E-state index contributed by atoms with van der Waals surface area (Å²) in [4.78, 5) is 32.9. The lowest BCUT2D eigenvalue weighted by molar-refractivity contribution is -0.134. The van der Waals surface area contributed by atoms with Crippen molar-refractivity contribution in [2.24, 2.45) is 17.8 Å². The smallest absolute Gasteiger partial charge is 0.274 e. The fourth-order valence-electron chi connectivity index (χ4n) is 4.03. The summed E-state index contributed by atoms with van der Waals surface area (Å²) < 4.78 is 1.92. The number of rotatable bonds is 4. The first-order chi connectivity index (χ1) is 11.9. The summed E-state index contributed by atoms with van der Waals surface area (Å²) in [7, 11) is 1.74. The Morgan fingerprint density at radius 3 is 2.48 bits per heavy atom. The van der Waals surface area contributed by atoms with Crippen molar-refractivity contribution >= 4 is 11.8 Å². The number of carbonyl (C=O) groups is 2. The lowest BCUT2D eigenvalue weighted by atomic mass is 10.2. The second-order valence-electron chi connectivity index (χ2n) is 7.90. The second-order valence-corrected chi connectivity index (χ2v) is 7.90. The van der Waals surface area contributed by atoms with E-state index < -0.39 is 5.54 Å². The topological polar surface area (TPSA) is 82.2 Å². The number of hydrogen-bond acceptors (Lipinski definition) is 4. The van der Waals surface area contributed by atoms with Gasteiger partial charge in [-0.05, 0) is 38.5 Å². The molecule has 7 heteroatoms. The summed E-state index contributed by atoms with van der Waals surface area (Å²) in [6.07, 6.45) is 5.03. The first-order valence-electron chi connectivity index (χ1n) is 8.89. The molecule has 2 heterocycles. The van der Waals surface area contributed by atoms with Crippen molar-refractivity contribution < 1.29 is 9.59 Å². The van der Waals surface area contributed by atoms with Crippen LogP contribution in [0.2, 0.25) is 0 Å². The number of aromatic nitrogens is 2. The molecule has 0 spiro atoms. The summed E-state index contributed by atoms with van der Waals surface area (Å²) in [5.41, 5.74) is -0.0934. The van der Waals surface area contributed by atoms with E-state index in [4.69, 9.17) is 0 Å². The standard InChI is InChI=1S/C18H23N5O2/c1-11(2)23-8-14(20-10-23)16(24)22-6-12-13(7-22)15(12)17(25)21(3)18(9-19)4-5-18/h8,10-13,15H,4-7H2,1-3H3.